The Balaban J connectivity index is 2.18. The van der Waals surface area contributed by atoms with Crippen molar-refractivity contribution in [1.29, 1.82) is 0 Å². The molecule has 2 rings (SSSR count). The summed E-state index contributed by atoms with van der Waals surface area (Å²) in [6, 6.07) is 0.0827. The summed E-state index contributed by atoms with van der Waals surface area (Å²) in [6.07, 6.45) is 5.14. The second kappa shape index (κ2) is 7.78. The summed E-state index contributed by atoms with van der Waals surface area (Å²) in [5.41, 5.74) is 0. The number of carbonyl (C=O) groups is 2. The molecule has 1 saturated heterocycles. The number of amides is 2. The van der Waals surface area contributed by atoms with Gasteiger partial charge in [0.1, 0.15) is 0 Å². The Morgan fingerprint density at radius 3 is 1.81 bits per heavy atom. The van der Waals surface area contributed by atoms with E-state index in [1.54, 1.807) is 0 Å². The summed E-state index contributed by atoms with van der Waals surface area (Å²) in [5.74, 6) is 0.181. The van der Waals surface area contributed by atoms with Crippen LogP contribution in [0.5, 0.6) is 0 Å². The lowest BCUT2D eigenvalue weighted by Crippen LogP contribution is -2.55. The van der Waals surface area contributed by atoms with Crippen molar-refractivity contribution in [3.8, 4) is 0 Å². The number of nitrogens with one attached hydrogen (secondary N) is 2. The van der Waals surface area contributed by atoms with Crippen molar-refractivity contribution in [3.63, 3.8) is 0 Å². The zero-order valence-corrected chi connectivity index (χ0v) is 13.4. The van der Waals surface area contributed by atoms with Gasteiger partial charge < -0.3 is 10.6 Å². The van der Waals surface area contributed by atoms with E-state index in [2.05, 4.69) is 15.5 Å². The monoisotopic (exact) mass is 295 g/mol. The fourth-order valence-corrected chi connectivity index (χ4v) is 3.91. The highest BCUT2D eigenvalue weighted by atomic mass is 16.2. The predicted molar refractivity (Wildman–Crippen MR) is 82.8 cm³/mol. The summed E-state index contributed by atoms with van der Waals surface area (Å²) >= 11 is 0. The van der Waals surface area contributed by atoms with E-state index in [9.17, 15) is 9.59 Å². The Morgan fingerprint density at radius 2 is 1.38 bits per heavy atom. The molecule has 0 unspecified atom stereocenters. The maximum atomic E-state index is 12.4. The number of hydrogen-bond acceptors (Lipinski definition) is 3. The molecule has 0 bridgehead atoms. The Hall–Kier alpha value is -1.10. The van der Waals surface area contributed by atoms with Gasteiger partial charge in [-0.1, -0.05) is 6.42 Å². The summed E-state index contributed by atoms with van der Waals surface area (Å²) in [5, 5.41) is 5.93. The van der Waals surface area contributed by atoms with E-state index in [1.165, 1.54) is 12.8 Å². The molecule has 5 heteroatoms. The normalized spacial score (nSPS) is 27.5. The van der Waals surface area contributed by atoms with Gasteiger partial charge in [-0.2, -0.15) is 0 Å². The van der Waals surface area contributed by atoms with Crippen molar-refractivity contribution in [2.24, 2.45) is 11.8 Å². The predicted octanol–water partition coefficient (Wildman–Crippen LogP) is 1.14. The molecule has 1 saturated carbocycles. The number of carbonyl (C=O) groups excluding carboxylic acids is 2. The van der Waals surface area contributed by atoms with Gasteiger partial charge in [-0.05, 0) is 52.6 Å². The minimum absolute atomic E-state index is 0.0376. The molecular weight excluding hydrogens is 266 g/mol. The smallest absolute Gasteiger partial charge is 0.224 e. The van der Waals surface area contributed by atoms with Crippen molar-refractivity contribution in [2.75, 3.05) is 26.2 Å². The number of nitrogens with zero attached hydrogens (tertiary/aromatic N) is 1. The Kier molecular flexibility index (Phi) is 6.03. The molecule has 2 amide bonds. The van der Waals surface area contributed by atoms with Gasteiger partial charge in [0.15, 0.2) is 0 Å². The van der Waals surface area contributed by atoms with Gasteiger partial charge in [0.25, 0.3) is 0 Å². The quantitative estimate of drug-likeness (QED) is 0.799. The molecule has 2 aliphatic rings. The van der Waals surface area contributed by atoms with Crippen LogP contribution < -0.4 is 10.6 Å². The van der Waals surface area contributed by atoms with Crippen molar-refractivity contribution in [2.45, 2.75) is 52.0 Å². The van der Waals surface area contributed by atoms with Crippen LogP contribution in [0, 0.1) is 11.8 Å². The average Bonchev–Trinajstić information content (AvgIpc) is 3.01. The highest BCUT2D eigenvalue weighted by molar-refractivity contribution is 5.83. The molecule has 1 aliphatic heterocycles. The van der Waals surface area contributed by atoms with E-state index < -0.39 is 0 Å². The number of hydrogen-bond donors (Lipinski definition) is 2. The van der Waals surface area contributed by atoms with Crippen molar-refractivity contribution >= 4 is 11.8 Å². The van der Waals surface area contributed by atoms with Crippen LogP contribution in [0.1, 0.15) is 46.0 Å². The van der Waals surface area contributed by atoms with Crippen LogP contribution in [0.3, 0.4) is 0 Å². The molecule has 5 nitrogen and oxygen atoms in total. The van der Waals surface area contributed by atoms with Crippen molar-refractivity contribution in [3.05, 3.63) is 0 Å². The van der Waals surface area contributed by atoms with E-state index in [1.807, 2.05) is 13.8 Å². The van der Waals surface area contributed by atoms with Gasteiger partial charge in [-0.3, -0.25) is 14.5 Å². The minimum Gasteiger partial charge on any atom is -0.356 e. The van der Waals surface area contributed by atoms with Gasteiger partial charge in [0.2, 0.25) is 11.8 Å². The van der Waals surface area contributed by atoms with E-state index in [-0.39, 0.29) is 29.7 Å². The van der Waals surface area contributed by atoms with Crippen molar-refractivity contribution < 1.29 is 9.59 Å². The minimum atomic E-state index is -0.0376. The second-order valence-corrected chi connectivity index (χ2v) is 6.17. The first-order chi connectivity index (χ1) is 10.2. The lowest BCUT2D eigenvalue weighted by Gasteiger charge is -2.42. The second-order valence-electron chi connectivity index (χ2n) is 6.17. The van der Waals surface area contributed by atoms with Crippen LogP contribution >= 0.6 is 0 Å². The third-order valence-corrected chi connectivity index (χ3v) is 4.79. The van der Waals surface area contributed by atoms with Crippen LogP contribution in [-0.4, -0.2) is 48.9 Å². The Bertz CT molecular complexity index is 341. The highest BCUT2D eigenvalue weighted by Crippen LogP contribution is 2.35. The van der Waals surface area contributed by atoms with Gasteiger partial charge in [-0.15, -0.1) is 0 Å². The molecule has 2 atom stereocenters. The molecule has 1 heterocycles. The SMILES string of the molecule is CCNC(=O)[C@@H]1CCC[C@@H](C(=O)NCC)C1N1CCCC1. The molecule has 0 aromatic carbocycles. The maximum absolute atomic E-state index is 12.4. The molecule has 1 aliphatic carbocycles. The van der Waals surface area contributed by atoms with Gasteiger partial charge >= 0.3 is 0 Å². The largest absolute Gasteiger partial charge is 0.356 e. The lowest BCUT2D eigenvalue weighted by molar-refractivity contribution is -0.135. The van der Waals surface area contributed by atoms with E-state index >= 15 is 0 Å². The molecule has 0 aromatic rings. The van der Waals surface area contributed by atoms with E-state index in [4.69, 9.17) is 0 Å². The standard InChI is InChI=1S/C16H29N3O2/c1-3-17-15(20)12-8-7-9-13(16(21)18-4-2)14(12)19-10-5-6-11-19/h12-14H,3-11H2,1-2H3,(H,17,20)(H,18,21)/t12-,13-/m1/s1. The van der Waals surface area contributed by atoms with Crippen molar-refractivity contribution in [1.82, 2.24) is 15.5 Å². The molecule has 0 radical (unpaired) electrons. The molecule has 2 N–H and O–H groups in total. The van der Waals surface area contributed by atoms with E-state index in [0.717, 1.165) is 32.4 Å². The van der Waals surface area contributed by atoms with Gasteiger partial charge in [-0.25, -0.2) is 0 Å². The Morgan fingerprint density at radius 1 is 0.905 bits per heavy atom. The van der Waals surface area contributed by atoms with Crippen LogP contribution in [0.4, 0.5) is 0 Å². The average molecular weight is 295 g/mol. The molecule has 0 spiro atoms. The molecule has 21 heavy (non-hydrogen) atoms. The summed E-state index contributed by atoms with van der Waals surface area (Å²) < 4.78 is 0. The third kappa shape index (κ3) is 3.76. The number of rotatable bonds is 5. The third-order valence-electron chi connectivity index (χ3n) is 4.79. The molecule has 2 fully saturated rings. The molecular formula is C16H29N3O2. The van der Waals surface area contributed by atoms with Crippen LogP contribution in [-0.2, 0) is 9.59 Å². The van der Waals surface area contributed by atoms with E-state index in [0.29, 0.717) is 13.1 Å². The lowest BCUT2D eigenvalue weighted by atomic mass is 9.75. The van der Waals surface area contributed by atoms with Gasteiger partial charge in [0.05, 0.1) is 11.8 Å². The van der Waals surface area contributed by atoms with Gasteiger partial charge in [0, 0.05) is 19.1 Å². The fourth-order valence-electron chi connectivity index (χ4n) is 3.91. The first-order valence-corrected chi connectivity index (χ1v) is 8.48. The summed E-state index contributed by atoms with van der Waals surface area (Å²) in [7, 11) is 0. The first-order valence-electron chi connectivity index (χ1n) is 8.48. The van der Waals surface area contributed by atoms with Crippen LogP contribution in [0.25, 0.3) is 0 Å². The van der Waals surface area contributed by atoms with Crippen LogP contribution in [0.2, 0.25) is 0 Å². The fraction of sp³-hybridized carbons (Fsp3) is 0.875. The zero-order valence-electron chi connectivity index (χ0n) is 13.4. The summed E-state index contributed by atoms with van der Waals surface area (Å²) in [4.78, 5) is 27.2. The first kappa shape index (κ1) is 16.3. The number of likely N-dealkylation sites (tertiary alicyclic amines) is 1. The maximum Gasteiger partial charge on any atom is 0.224 e. The van der Waals surface area contributed by atoms with Crippen LogP contribution in [0.15, 0.2) is 0 Å². The zero-order chi connectivity index (χ0) is 15.2. The topological polar surface area (TPSA) is 61.4 Å². The molecule has 120 valence electrons. The Labute approximate surface area is 127 Å². The molecule has 0 aromatic heterocycles. The summed E-state index contributed by atoms with van der Waals surface area (Å²) in [6.45, 7) is 7.27. The highest BCUT2D eigenvalue weighted by Gasteiger charge is 2.44.